The molecule has 0 radical (unpaired) electrons. The summed E-state index contributed by atoms with van der Waals surface area (Å²) in [5, 5.41) is 0. The van der Waals surface area contributed by atoms with Crippen LogP contribution in [0.2, 0.25) is 0 Å². The van der Waals surface area contributed by atoms with Gasteiger partial charge in [0.25, 0.3) is 0 Å². The highest BCUT2D eigenvalue weighted by molar-refractivity contribution is 8.30. The second-order valence-corrected chi connectivity index (χ2v) is 8.54. The lowest BCUT2D eigenvalue weighted by molar-refractivity contribution is -0.117. The van der Waals surface area contributed by atoms with Crippen LogP contribution in [0, 0.1) is 0 Å². The van der Waals surface area contributed by atoms with E-state index in [0.717, 1.165) is 0 Å². The van der Waals surface area contributed by atoms with Crippen molar-refractivity contribution in [3.63, 3.8) is 0 Å². The Morgan fingerprint density at radius 2 is 1.23 bits per heavy atom. The van der Waals surface area contributed by atoms with Crippen LogP contribution < -0.4 is 14.0 Å². The average Bonchev–Trinajstić information content (AvgIpc) is 2.60. The number of rotatable bonds is 5. The lowest BCUT2D eigenvalue weighted by Crippen LogP contribution is -2.22. The molecule has 26 heavy (non-hydrogen) atoms. The van der Waals surface area contributed by atoms with Crippen molar-refractivity contribution in [3.8, 4) is 5.75 Å². The minimum absolute atomic E-state index is 0.0960. The van der Waals surface area contributed by atoms with E-state index in [2.05, 4.69) is 0 Å². The monoisotopic (exact) mass is 392 g/mol. The number of nitrogens with zero attached hydrogens (tertiary/aromatic N) is 2. The third kappa shape index (κ3) is 4.59. The third-order valence-corrected chi connectivity index (χ3v) is 5.93. The number of carbonyl (C=O) groups excluding carboxylic acids is 2. The molecule has 0 saturated carbocycles. The maximum atomic E-state index is 12.7. The first kappa shape index (κ1) is 19.9. The number of benzene rings is 2. The van der Waals surface area contributed by atoms with E-state index in [0.29, 0.717) is 22.0 Å². The minimum Gasteiger partial charge on any atom is -0.397 e. The molecular weight excluding hydrogens is 372 g/mol. The summed E-state index contributed by atoms with van der Waals surface area (Å²) < 4.78 is 18.2. The standard InChI is InChI=1S/C18H20N2O4S2/c1-13(21)19(3)15-5-9-17(10-6-15)24-26(23,25)18-11-7-16(8-12-18)20(4)14(2)22/h5-12H,1-4H3. The summed E-state index contributed by atoms with van der Waals surface area (Å²) in [4.78, 5) is 26.1. The van der Waals surface area contributed by atoms with Crippen LogP contribution in [-0.2, 0) is 29.6 Å². The highest BCUT2D eigenvalue weighted by atomic mass is 32.8. The molecular formula is C18H20N2O4S2. The van der Waals surface area contributed by atoms with Gasteiger partial charge in [-0.3, -0.25) is 9.59 Å². The molecule has 6 nitrogen and oxygen atoms in total. The zero-order chi connectivity index (χ0) is 19.5. The molecule has 0 N–H and O–H groups in total. The van der Waals surface area contributed by atoms with Crippen LogP contribution in [0.3, 0.4) is 0 Å². The van der Waals surface area contributed by atoms with Crippen molar-refractivity contribution in [2.45, 2.75) is 18.7 Å². The van der Waals surface area contributed by atoms with Gasteiger partial charge in [0.05, 0.1) is 4.90 Å². The summed E-state index contributed by atoms with van der Waals surface area (Å²) in [7, 11) is 0.136. The highest BCUT2D eigenvalue weighted by Crippen LogP contribution is 2.24. The predicted molar refractivity (Wildman–Crippen MR) is 105 cm³/mol. The molecule has 0 fully saturated rings. The van der Waals surface area contributed by atoms with Gasteiger partial charge >= 0.3 is 0 Å². The second kappa shape index (κ2) is 7.84. The van der Waals surface area contributed by atoms with Gasteiger partial charge in [-0.05, 0) is 48.5 Å². The van der Waals surface area contributed by atoms with E-state index in [4.69, 9.17) is 15.4 Å². The molecule has 1 atom stereocenters. The van der Waals surface area contributed by atoms with Gasteiger partial charge in [-0.25, -0.2) is 4.21 Å². The maximum Gasteiger partial charge on any atom is 0.223 e. The minimum atomic E-state index is -3.18. The number of anilines is 2. The predicted octanol–water partition coefficient (Wildman–Crippen LogP) is 2.75. The number of amides is 2. The summed E-state index contributed by atoms with van der Waals surface area (Å²) >= 11 is 5.14. The summed E-state index contributed by atoms with van der Waals surface area (Å²) in [6, 6.07) is 13.1. The molecule has 138 valence electrons. The Morgan fingerprint density at radius 1 is 0.846 bits per heavy atom. The molecule has 0 heterocycles. The van der Waals surface area contributed by atoms with E-state index in [-0.39, 0.29) is 11.8 Å². The van der Waals surface area contributed by atoms with Gasteiger partial charge in [-0.15, -0.1) is 0 Å². The van der Waals surface area contributed by atoms with E-state index in [9.17, 15) is 13.8 Å². The molecule has 0 aromatic heterocycles. The van der Waals surface area contributed by atoms with Crippen LogP contribution in [0.4, 0.5) is 11.4 Å². The van der Waals surface area contributed by atoms with Gasteiger partial charge in [0.1, 0.15) is 5.75 Å². The molecule has 2 aromatic carbocycles. The first-order valence-electron chi connectivity index (χ1n) is 7.75. The molecule has 2 amide bonds. The fraction of sp³-hybridized carbons (Fsp3) is 0.222. The molecule has 8 heteroatoms. The summed E-state index contributed by atoms with van der Waals surface area (Å²) in [5.41, 5.74) is 1.36. The molecule has 0 aliphatic rings. The van der Waals surface area contributed by atoms with Gasteiger partial charge in [0.15, 0.2) is 0 Å². The van der Waals surface area contributed by atoms with Crippen LogP contribution in [0.5, 0.6) is 5.75 Å². The third-order valence-electron chi connectivity index (χ3n) is 3.89. The van der Waals surface area contributed by atoms with Crippen molar-refractivity contribution >= 4 is 43.2 Å². The number of carbonyl (C=O) groups is 2. The molecule has 0 bridgehead atoms. The highest BCUT2D eigenvalue weighted by Gasteiger charge is 2.14. The molecule has 2 rings (SSSR count). The Morgan fingerprint density at radius 3 is 1.62 bits per heavy atom. The topological polar surface area (TPSA) is 66.9 Å². The lowest BCUT2D eigenvalue weighted by atomic mass is 10.3. The van der Waals surface area contributed by atoms with Crippen LogP contribution in [-0.4, -0.2) is 30.1 Å². The zero-order valence-corrected chi connectivity index (χ0v) is 16.6. The molecule has 2 aromatic rings. The van der Waals surface area contributed by atoms with Crippen LogP contribution in [0.25, 0.3) is 0 Å². The fourth-order valence-electron chi connectivity index (χ4n) is 2.10. The van der Waals surface area contributed by atoms with Crippen molar-refractivity contribution in [1.29, 1.82) is 0 Å². The zero-order valence-electron chi connectivity index (χ0n) is 15.0. The Kier molecular flexibility index (Phi) is 5.99. The van der Waals surface area contributed by atoms with Crippen molar-refractivity contribution in [3.05, 3.63) is 48.5 Å². The smallest absolute Gasteiger partial charge is 0.223 e. The van der Waals surface area contributed by atoms with Gasteiger partial charge in [-0.1, -0.05) is 0 Å². The molecule has 0 aliphatic carbocycles. The summed E-state index contributed by atoms with van der Waals surface area (Å²) in [6.07, 6.45) is 0. The fourth-order valence-corrected chi connectivity index (χ4v) is 3.60. The van der Waals surface area contributed by atoms with Gasteiger partial charge in [0.2, 0.25) is 20.6 Å². The Bertz CT molecular complexity index is 907. The van der Waals surface area contributed by atoms with Crippen molar-refractivity contribution in [1.82, 2.24) is 0 Å². The molecule has 0 saturated heterocycles. The van der Waals surface area contributed by atoms with E-state index >= 15 is 0 Å². The molecule has 1 unspecified atom stereocenters. The van der Waals surface area contributed by atoms with Crippen LogP contribution in [0.15, 0.2) is 53.4 Å². The van der Waals surface area contributed by atoms with Crippen LogP contribution in [0.1, 0.15) is 13.8 Å². The maximum absolute atomic E-state index is 12.7. The Balaban J connectivity index is 2.18. The second-order valence-electron chi connectivity index (χ2n) is 5.68. The van der Waals surface area contributed by atoms with E-state index in [1.54, 1.807) is 62.6 Å². The lowest BCUT2D eigenvalue weighted by Gasteiger charge is -2.17. The number of hydrogen-bond donors (Lipinski definition) is 0. The van der Waals surface area contributed by atoms with Gasteiger partial charge < -0.3 is 14.0 Å². The summed E-state index contributed by atoms with van der Waals surface area (Å²) in [6.45, 7) is 2.92. The van der Waals surface area contributed by atoms with Crippen LogP contribution >= 0.6 is 0 Å². The summed E-state index contributed by atoms with van der Waals surface area (Å²) in [5.74, 6) is 0.140. The van der Waals surface area contributed by atoms with Crippen molar-refractivity contribution < 1.29 is 18.0 Å². The quantitative estimate of drug-likeness (QED) is 0.783. The van der Waals surface area contributed by atoms with Crippen molar-refractivity contribution in [2.24, 2.45) is 0 Å². The average molecular weight is 393 g/mol. The van der Waals surface area contributed by atoms with Crippen molar-refractivity contribution in [2.75, 3.05) is 23.9 Å². The first-order chi connectivity index (χ1) is 12.1. The van der Waals surface area contributed by atoms with E-state index in [1.807, 2.05) is 0 Å². The molecule has 0 aliphatic heterocycles. The Hall–Kier alpha value is -2.45. The Labute approximate surface area is 158 Å². The first-order valence-corrected chi connectivity index (χ1v) is 10.2. The van der Waals surface area contributed by atoms with Gasteiger partial charge in [-0.2, -0.15) is 0 Å². The number of hydrogen-bond acceptors (Lipinski definition) is 5. The molecule has 0 spiro atoms. The van der Waals surface area contributed by atoms with Gasteiger partial charge in [0, 0.05) is 50.5 Å². The normalized spacial score (nSPS) is 12.8. The SMILES string of the molecule is CC(=O)N(C)c1ccc(OS(=O)(=S)c2ccc(N(C)C(C)=O)cc2)cc1. The van der Waals surface area contributed by atoms with E-state index < -0.39 is 8.77 Å². The largest absolute Gasteiger partial charge is 0.397 e. The van der Waals surface area contributed by atoms with E-state index in [1.165, 1.54) is 23.6 Å².